The van der Waals surface area contributed by atoms with Crippen molar-refractivity contribution >= 4 is 11.5 Å². The van der Waals surface area contributed by atoms with E-state index in [1.54, 1.807) is 6.08 Å². The van der Waals surface area contributed by atoms with Crippen LogP contribution in [0.3, 0.4) is 0 Å². The third kappa shape index (κ3) is 4.06. The van der Waals surface area contributed by atoms with Crippen LogP contribution >= 0.6 is 0 Å². The Morgan fingerprint density at radius 1 is 1.39 bits per heavy atom. The van der Waals surface area contributed by atoms with E-state index in [4.69, 9.17) is 9.57 Å². The van der Waals surface area contributed by atoms with Crippen molar-refractivity contribution in [3.05, 3.63) is 36.1 Å². The summed E-state index contributed by atoms with van der Waals surface area (Å²) in [7, 11) is 1.51. The molecule has 7 nitrogen and oxygen atoms in total. The number of ether oxygens (including phenoxy) is 1. The van der Waals surface area contributed by atoms with Gasteiger partial charge in [0.25, 0.3) is 6.23 Å². The minimum atomic E-state index is -0.854. The van der Waals surface area contributed by atoms with Gasteiger partial charge in [-0.15, -0.1) is 0 Å². The van der Waals surface area contributed by atoms with Crippen LogP contribution < -0.4 is 0 Å². The van der Waals surface area contributed by atoms with E-state index >= 15 is 0 Å². The molecule has 0 fully saturated rings. The molecule has 0 amide bonds. The fourth-order valence-corrected chi connectivity index (χ4v) is 2.11. The van der Waals surface area contributed by atoms with Gasteiger partial charge < -0.3 is 9.57 Å². The SMILES string of the molecule is CON=C1C=CC(OC(C(=O)C(C)(C)C)n2cncn2)=C(C)C1. The van der Waals surface area contributed by atoms with Crippen LogP contribution in [0.15, 0.2) is 41.3 Å². The maximum Gasteiger partial charge on any atom is 0.252 e. The second-order valence-corrected chi connectivity index (χ2v) is 6.38. The number of hydrogen-bond acceptors (Lipinski definition) is 6. The first kappa shape index (κ1) is 16.9. The van der Waals surface area contributed by atoms with Gasteiger partial charge in [-0.1, -0.05) is 25.9 Å². The molecule has 0 aromatic carbocycles. The summed E-state index contributed by atoms with van der Waals surface area (Å²) in [6.07, 6.45) is 6.21. The summed E-state index contributed by atoms with van der Waals surface area (Å²) in [5.41, 5.74) is 1.21. The van der Waals surface area contributed by atoms with Gasteiger partial charge in [0.1, 0.15) is 25.5 Å². The van der Waals surface area contributed by atoms with Crippen molar-refractivity contribution in [2.75, 3.05) is 7.11 Å². The highest BCUT2D eigenvalue weighted by Crippen LogP contribution is 2.28. The van der Waals surface area contributed by atoms with Crippen molar-refractivity contribution in [2.24, 2.45) is 10.6 Å². The van der Waals surface area contributed by atoms with Crippen LogP contribution in [-0.4, -0.2) is 33.4 Å². The monoisotopic (exact) mass is 318 g/mol. The number of allylic oxidation sites excluding steroid dienone is 3. The molecule has 7 heteroatoms. The Morgan fingerprint density at radius 3 is 2.65 bits per heavy atom. The van der Waals surface area contributed by atoms with Crippen LogP contribution in [-0.2, 0) is 14.4 Å². The Hall–Kier alpha value is -2.44. The summed E-state index contributed by atoms with van der Waals surface area (Å²) in [5, 5.41) is 7.97. The van der Waals surface area contributed by atoms with Crippen molar-refractivity contribution in [1.82, 2.24) is 14.8 Å². The lowest BCUT2D eigenvalue weighted by atomic mass is 9.89. The zero-order chi connectivity index (χ0) is 17.0. The molecule has 0 bridgehead atoms. The van der Waals surface area contributed by atoms with Crippen LogP contribution in [0.25, 0.3) is 0 Å². The Labute approximate surface area is 135 Å². The number of nitrogens with zero attached hydrogens (tertiary/aromatic N) is 4. The standard InChI is InChI=1S/C16H22N4O3/c1-11-8-12(19-22-5)6-7-13(11)23-15(14(21)16(2,3)4)20-10-17-9-18-20/h6-7,9-10,15H,8H2,1-5H3. The Balaban J connectivity index is 2.26. The second kappa shape index (κ2) is 6.76. The van der Waals surface area contributed by atoms with E-state index in [1.807, 2.05) is 33.8 Å². The number of hydrogen-bond donors (Lipinski definition) is 0. The third-order valence-corrected chi connectivity index (χ3v) is 3.38. The molecular weight excluding hydrogens is 296 g/mol. The van der Waals surface area contributed by atoms with Crippen molar-refractivity contribution in [1.29, 1.82) is 0 Å². The number of Topliss-reactive ketones (excluding diaryl/α,β-unsaturated/α-hetero) is 1. The molecule has 2 rings (SSSR count). The molecule has 1 aromatic heterocycles. The van der Waals surface area contributed by atoms with Gasteiger partial charge in [0, 0.05) is 11.8 Å². The highest BCUT2D eigenvalue weighted by atomic mass is 16.6. The van der Waals surface area contributed by atoms with E-state index < -0.39 is 11.6 Å². The first-order chi connectivity index (χ1) is 10.8. The molecule has 0 N–H and O–H groups in total. The van der Waals surface area contributed by atoms with Gasteiger partial charge in [-0.25, -0.2) is 9.67 Å². The summed E-state index contributed by atoms with van der Waals surface area (Å²) >= 11 is 0. The van der Waals surface area contributed by atoms with E-state index in [1.165, 1.54) is 24.4 Å². The normalized spacial score (nSPS) is 18.2. The summed E-state index contributed by atoms with van der Waals surface area (Å²) in [5.74, 6) is 0.561. The van der Waals surface area contributed by atoms with Gasteiger partial charge in [-0.3, -0.25) is 4.79 Å². The van der Waals surface area contributed by atoms with E-state index in [0.29, 0.717) is 12.2 Å². The molecule has 0 aliphatic heterocycles. The summed E-state index contributed by atoms with van der Waals surface area (Å²) in [4.78, 5) is 21.4. The van der Waals surface area contributed by atoms with Gasteiger partial charge in [0.15, 0.2) is 0 Å². The fraction of sp³-hybridized carbons (Fsp3) is 0.500. The third-order valence-electron chi connectivity index (χ3n) is 3.38. The zero-order valence-corrected chi connectivity index (χ0v) is 14.1. The fourth-order valence-electron chi connectivity index (χ4n) is 2.11. The smallest absolute Gasteiger partial charge is 0.252 e. The van der Waals surface area contributed by atoms with Gasteiger partial charge in [0.05, 0.1) is 5.71 Å². The molecule has 1 heterocycles. The van der Waals surface area contributed by atoms with Crippen LogP contribution in [0.2, 0.25) is 0 Å². The minimum absolute atomic E-state index is 0.0759. The zero-order valence-electron chi connectivity index (χ0n) is 14.1. The molecule has 1 unspecified atom stereocenters. The highest BCUT2D eigenvalue weighted by Gasteiger charge is 2.34. The molecule has 0 saturated carbocycles. The highest BCUT2D eigenvalue weighted by molar-refractivity contribution is 5.97. The van der Waals surface area contributed by atoms with Crippen LogP contribution in [0.5, 0.6) is 0 Å². The summed E-state index contributed by atoms with van der Waals surface area (Å²) in [6.45, 7) is 7.49. The molecule has 0 saturated heterocycles. The molecule has 124 valence electrons. The van der Waals surface area contributed by atoms with E-state index in [-0.39, 0.29) is 5.78 Å². The second-order valence-electron chi connectivity index (χ2n) is 6.38. The van der Waals surface area contributed by atoms with Crippen molar-refractivity contribution in [2.45, 2.75) is 40.3 Å². The van der Waals surface area contributed by atoms with Crippen molar-refractivity contribution in [3.8, 4) is 0 Å². The molecule has 23 heavy (non-hydrogen) atoms. The molecule has 1 aliphatic rings. The number of ketones is 1. The number of carbonyl (C=O) groups excluding carboxylic acids is 1. The predicted octanol–water partition coefficient (Wildman–Crippen LogP) is 2.64. The van der Waals surface area contributed by atoms with E-state index in [2.05, 4.69) is 15.2 Å². The lowest BCUT2D eigenvalue weighted by molar-refractivity contribution is -0.141. The van der Waals surface area contributed by atoms with Gasteiger partial charge in [-0.05, 0) is 24.6 Å². The molecule has 1 atom stereocenters. The topological polar surface area (TPSA) is 78.6 Å². The van der Waals surface area contributed by atoms with Crippen LogP contribution in [0, 0.1) is 5.41 Å². The molecule has 1 aromatic rings. The molecule has 0 radical (unpaired) electrons. The molecule has 1 aliphatic carbocycles. The lowest BCUT2D eigenvalue weighted by Gasteiger charge is -2.26. The van der Waals surface area contributed by atoms with Gasteiger partial charge >= 0.3 is 0 Å². The maximum atomic E-state index is 12.7. The first-order valence-electron chi connectivity index (χ1n) is 7.36. The Morgan fingerprint density at radius 2 is 2.13 bits per heavy atom. The lowest BCUT2D eigenvalue weighted by Crippen LogP contribution is -2.32. The number of oxime groups is 1. The number of aromatic nitrogens is 3. The Kier molecular flexibility index (Phi) is 4.98. The van der Waals surface area contributed by atoms with Crippen molar-refractivity contribution < 1.29 is 14.4 Å². The van der Waals surface area contributed by atoms with Crippen LogP contribution in [0.4, 0.5) is 0 Å². The summed E-state index contributed by atoms with van der Waals surface area (Å²) in [6, 6.07) is 0. The predicted molar refractivity (Wildman–Crippen MR) is 85.5 cm³/mol. The first-order valence-corrected chi connectivity index (χ1v) is 7.36. The average molecular weight is 318 g/mol. The van der Waals surface area contributed by atoms with Gasteiger partial charge in [0.2, 0.25) is 5.78 Å². The van der Waals surface area contributed by atoms with E-state index in [9.17, 15) is 4.79 Å². The largest absolute Gasteiger partial charge is 0.461 e. The Bertz CT molecular complexity index is 651. The number of carbonyl (C=O) groups is 1. The minimum Gasteiger partial charge on any atom is -0.461 e. The molecular formula is C16H22N4O3. The van der Waals surface area contributed by atoms with Crippen molar-refractivity contribution in [3.63, 3.8) is 0 Å². The average Bonchev–Trinajstić information content (AvgIpc) is 2.99. The van der Waals surface area contributed by atoms with Crippen LogP contribution in [0.1, 0.15) is 40.3 Å². The van der Waals surface area contributed by atoms with E-state index in [0.717, 1.165) is 11.3 Å². The maximum absolute atomic E-state index is 12.7. The molecule has 0 spiro atoms. The quantitative estimate of drug-likeness (QED) is 0.780. The number of rotatable bonds is 5. The summed E-state index contributed by atoms with van der Waals surface area (Å²) < 4.78 is 7.40. The van der Waals surface area contributed by atoms with Gasteiger partial charge in [-0.2, -0.15) is 5.10 Å².